The van der Waals surface area contributed by atoms with Gasteiger partial charge in [0.1, 0.15) is 5.76 Å². The van der Waals surface area contributed by atoms with Gasteiger partial charge in [-0.05, 0) is 25.1 Å². The van der Waals surface area contributed by atoms with E-state index in [0.717, 1.165) is 10.6 Å². The molecule has 1 rings (SSSR count). The van der Waals surface area contributed by atoms with Crippen molar-refractivity contribution in [3.63, 3.8) is 0 Å². The van der Waals surface area contributed by atoms with E-state index in [2.05, 4.69) is 10.0 Å². The number of sulfonamides is 2. The van der Waals surface area contributed by atoms with Crippen LogP contribution in [-0.4, -0.2) is 54.6 Å². The number of hydrogen-bond donors (Lipinski definition) is 2. The first-order valence-electron chi connectivity index (χ1n) is 6.29. The van der Waals surface area contributed by atoms with Crippen molar-refractivity contribution in [3.05, 3.63) is 17.9 Å². The van der Waals surface area contributed by atoms with Gasteiger partial charge in [-0.1, -0.05) is 0 Å². The zero-order chi connectivity index (χ0) is 16.1. The molecule has 0 radical (unpaired) electrons. The van der Waals surface area contributed by atoms with Crippen LogP contribution in [0.15, 0.2) is 21.6 Å². The van der Waals surface area contributed by atoms with Gasteiger partial charge in [-0.2, -0.15) is 0 Å². The third-order valence-electron chi connectivity index (χ3n) is 2.57. The minimum absolute atomic E-state index is 0.0944. The number of nitrogens with one attached hydrogen (secondary N) is 2. The Kier molecular flexibility index (Phi) is 6.35. The smallest absolute Gasteiger partial charge is 0.275 e. The first-order valence-corrected chi connectivity index (χ1v) is 9.62. The van der Waals surface area contributed by atoms with Crippen molar-refractivity contribution in [2.75, 3.05) is 33.4 Å². The van der Waals surface area contributed by atoms with Crippen LogP contribution in [0, 0.1) is 0 Å². The van der Waals surface area contributed by atoms with Crippen LogP contribution in [0.2, 0.25) is 0 Å². The maximum Gasteiger partial charge on any atom is 0.275 e. The largest absolute Gasteiger partial charge is 0.447 e. The van der Waals surface area contributed by atoms with Gasteiger partial charge in [0.05, 0.1) is 12.8 Å². The molecule has 21 heavy (non-hydrogen) atoms. The maximum atomic E-state index is 11.8. The Morgan fingerprint density at radius 3 is 2.38 bits per heavy atom. The minimum atomic E-state index is -3.55. The summed E-state index contributed by atoms with van der Waals surface area (Å²) in [5.41, 5.74) is 0. The third kappa shape index (κ3) is 6.14. The average Bonchev–Trinajstić information content (AvgIpc) is 2.81. The van der Waals surface area contributed by atoms with E-state index < -0.39 is 20.0 Å². The lowest BCUT2D eigenvalue weighted by Crippen LogP contribution is -2.26. The molecule has 122 valence electrons. The summed E-state index contributed by atoms with van der Waals surface area (Å²) >= 11 is 0. The molecule has 0 saturated carbocycles. The summed E-state index contributed by atoms with van der Waals surface area (Å²) in [7, 11) is -3.83. The number of nitrogens with zero attached hydrogens (tertiary/aromatic N) is 1. The molecule has 0 aliphatic rings. The first-order chi connectivity index (χ1) is 9.63. The molecule has 0 aliphatic heterocycles. The van der Waals surface area contributed by atoms with Gasteiger partial charge in [-0.25, -0.2) is 25.9 Å². The van der Waals surface area contributed by atoms with Crippen molar-refractivity contribution >= 4 is 20.0 Å². The van der Waals surface area contributed by atoms with E-state index in [1.807, 2.05) is 0 Å². The molecular formula is C11H21N3O5S2. The molecule has 0 bridgehead atoms. The fraction of sp³-hybridized carbons (Fsp3) is 0.636. The molecule has 1 aromatic rings. The molecule has 0 fully saturated rings. The molecule has 0 aromatic carbocycles. The van der Waals surface area contributed by atoms with E-state index in [9.17, 15) is 16.8 Å². The second-order valence-electron chi connectivity index (χ2n) is 4.71. The second kappa shape index (κ2) is 7.36. The average molecular weight is 339 g/mol. The summed E-state index contributed by atoms with van der Waals surface area (Å²) in [4.78, 5) is 0. The van der Waals surface area contributed by atoms with Gasteiger partial charge >= 0.3 is 0 Å². The van der Waals surface area contributed by atoms with Crippen LogP contribution < -0.4 is 10.0 Å². The monoisotopic (exact) mass is 339 g/mol. The van der Waals surface area contributed by atoms with Crippen LogP contribution >= 0.6 is 0 Å². The van der Waals surface area contributed by atoms with E-state index in [0.29, 0.717) is 31.8 Å². The molecule has 0 amide bonds. The van der Waals surface area contributed by atoms with E-state index in [1.165, 1.54) is 20.2 Å². The van der Waals surface area contributed by atoms with Gasteiger partial charge in [-0.15, -0.1) is 0 Å². The molecule has 0 saturated heterocycles. The maximum absolute atomic E-state index is 11.8. The quantitative estimate of drug-likeness (QED) is 0.590. The minimum Gasteiger partial charge on any atom is -0.447 e. The van der Waals surface area contributed by atoms with Gasteiger partial charge < -0.3 is 9.73 Å². The molecule has 1 heterocycles. The highest BCUT2D eigenvalue weighted by Crippen LogP contribution is 2.16. The van der Waals surface area contributed by atoms with E-state index >= 15 is 0 Å². The molecule has 10 heteroatoms. The summed E-state index contributed by atoms with van der Waals surface area (Å²) in [6.45, 7) is 1.31. The van der Waals surface area contributed by atoms with Gasteiger partial charge in [0.2, 0.25) is 15.1 Å². The standard InChI is InChI=1S/C11H21N3O5S2/c1-14(2)21(17,18)11-6-5-10(19-11)9-12-7-4-8-13-20(3,15)16/h5-6,12-13H,4,7-9H2,1-3H3. The number of rotatable bonds is 9. The summed E-state index contributed by atoms with van der Waals surface area (Å²) in [5, 5.41) is 2.95. The molecule has 8 nitrogen and oxygen atoms in total. The van der Waals surface area contributed by atoms with Crippen LogP contribution in [0.3, 0.4) is 0 Å². The van der Waals surface area contributed by atoms with Crippen molar-refractivity contribution in [1.82, 2.24) is 14.3 Å². The Bertz CT molecular complexity index is 649. The van der Waals surface area contributed by atoms with Crippen LogP contribution in [-0.2, 0) is 26.6 Å². The second-order valence-corrected chi connectivity index (χ2v) is 8.62. The van der Waals surface area contributed by atoms with Crippen molar-refractivity contribution < 1.29 is 21.3 Å². The first kappa shape index (κ1) is 18.1. The normalized spacial score (nSPS) is 13.0. The Morgan fingerprint density at radius 1 is 1.14 bits per heavy atom. The number of furan rings is 1. The van der Waals surface area contributed by atoms with E-state index in [-0.39, 0.29) is 5.09 Å². The van der Waals surface area contributed by atoms with Crippen molar-refractivity contribution in [2.45, 2.75) is 18.1 Å². The van der Waals surface area contributed by atoms with Gasteiger partial charge in [0.25, 0.3) is 10.0 Å². The molecule has 2 N–H and O–H groups in total. The zero-order valence-corrected chi connectivity index (χ0v) is 13.9. The van der Waals surface area contributed by atoms with Crippen LogP contribution in [0.1, 0.15) is 12.2 Å². The molecule has 0 spiro atoms. The summed E-state index contributed by atoms with van der Waals surface area (Å²) in [6, 6.07) is 3.01. The van der Waals surface area contributed by atoms with Gasteiger partial charge in [-0.3, -0.25) is 0 Å². The van der Waals surface area contributed by atoms with Crippen molar-refractivity contribution in [1.29, 1.82) is 0 Å². The highest BCUT2D eigenvalue weighted by molar-refractivity contribution is 7.89. The zero-order valence-electron chi connectivity index (χ0n) is 12.3. The summed E-state index contributed by atoms with van der Waals surface area (Å²) in [5.74, 6) is 0.506. The SMILES string of the molecule is CN(C)S(=O)(=O)c1ccc(CNCCCNS(C)(=O)=O)o1. The van der Waals surface area contributed by atoms with Crippen LogP contribution in [0.5, 0.6) is 0 Å². The van der Waals surface area contributed by atoms with E-state index in [1.54, 1.807) is 6.07 Å². The van der Waals surface area contributed by atoms with Crippen LogP contribution in [0.4, 0.5) is 0 Å². The Morgan fingerprint density at radius 2 is 1.81 bits per heavy atom. The van der Waals surface area contributed by atoms with Gasteiger partial charge in [0.15, 0.2) is 0 Å². The molecule has 1 aromatic heterocycles. The molecule has 0 aliphatic carbocycles. The predicted octanol–water partition coefficient (Wildman–Crippen LogP) is -0.441. The topological polar surface area (TPSA) is 109 Å². The van der Waals surface area contributed by atoms with E-state index in [4.69, 9.17) is 4.42 Å². The summed E-state index contributed by atoms with van der Waals surface area (Å²) in [6.07, 6.45) is 1.73. The fourth-order valence-electron chi connectivity index (χ4n) is 1.45. The van der Waals surface area contributed by atoms with Gasteiger partial charge in [0, 0.05) is 20.6 Å². The van der Waals surface area contributed by atoms with Crippen molar-refractivity contribution in [2.24, 2.45) is 0 Å². The predicted molar refractivity (Wildman–Crippen MR) is 78.8 cm³/mol. The lowest BCUT2D eigenvalue weighted by molar-refractivity contribution is 0.389. The number of hydrogen-bond acceptors (Lipinski definition) is 6. The third-order valence-corrected chi connectivity index (χ3v) is 4.98. The Labute approximate surface area is 125 Å². The van der Waals surface area contributed by atoms with Crippen molar-refractivity contribution in [3.8, 4) is 0 Å². The fourth-order valence-corrected chi connectivity index (χ4v) is 2.78. The van der Waals surface area contributed by atoms with Crippen LogP contribution in [0.25, 0.3) is 0 Å². The lowest BCUT2D eigenvalue weighted by atomic mass is 10.4. The molecule has 0 atom stereocenters. The lowest BCUT2D eigenvalue weighted by Gasteiger charge is -2.08. The molecular weight excluding hydrogens is 318 g/mol. The Hall–Kier alpha value is -0.940. The highest BCUT2D eigenvalue weighted by atomic mass is 32.2. The highest BCUT2D eigenvalue weighted by Gasteiger charge is 2.21. The Balaban J connectivity index is 2.36. The molecule has 0 unspecified atom stereocenters. The summed E-state index contributed by atoms with van der Waals surface area (Å²) < 4.78 is 54.0.